The Hall–Kier alpha value is -1.39. The van der Waals surface area contributed by atoms with Crippen LogP contribution < -0.4 is 16.0 Å². The minimum atomic E-state index is -0.0996. The Balaban J connectivity index is 0.00000392. The van der Waals surface area contributed by atoms with Crippen molar-refractivity contribution < 1.29 is 14.6 Å². The molecule has 4 N–H and O–H groups in total. The minimum Gasteiger partial charge on any atom is -0.396 e. The first-order chi connectivity index (χ1) is 13.2. The van der Waals surface area contributed by atoms with E-state index in [-0.39, 0.29) is 48.5 Å². The van der Waals surface area contributed by atoms with Crippen LogP contribution in [0.2, 0.25) is 0 Å². The highest BCUT2D eigenvalue weighted by Crippen LogP contribution is 2.31. The number of nitrogens with one attached hydrogen (secondary N) is 3. The monoisotopic (exact) mass is 504 g/mol. The molecule has 0 saturated carbocycles. The number of hydrogen-bond donors (Lipinski definition) is 4. The Bertz CT molecular complexity index is 592. The quantitative estimate of drug-likeness (QED) is 0.219. The molecule has 1 amide bonds. The van der Waals surface area contributed by atoms with Gasteiger partial charge in [-0.1, -0.05) is 30.3 Å². The molecule has 1 unspecified atom stereocenters. The van der Waals surface area contributed by atoms with Crippen LogP contribution in [-0.2, 0) is 16.0 Å². The Morgan fingerprint density at radius 1 is 1.25 bits per heavy atom. The molecule has 1 aromatic carbocycles. The Labute approximate surface area is 184 Å². The first-order valence-electron chi connectivity index (χ1n) is 9.69. The molecule has 0 bridgehead atoms. The Kier molecular flexibility index (Phi) is 12.1. The lowest BCUT2D eigenvalue weighted by Gasteiger charge is -2.27. The summed E-state index contributed by atoms with van der Waals surface area (Å²) in [4.78, 5) is 16.4. The maximum absolute atomic E-state index is 12.0. The number of amides is 1. The van der Waals surface area contributed by atoms with E-state index in [4.69, 9.17) is 4.74 Å². The SMILES string of the molecule is CCNC(=NCC(=O)NCCc1ccccc1)NCC1(CCO)CCOC1.I. The summed E-state index contributed by atoms with van der Waals surface area (Å²) >= 11 is 0. The third-order valence-electron chi connectivity index (χ3n) is 4.76. The molecule has 1 aromatic rings. The average Bonchev–Trinajstić information content (AvgIpc) is 3.14. The Morgan fingerprint density at radius 3 is 2.68 bits per heavy atom. The first kappa shape index (κ1) is 24.6. The number of aliphatic hydroxyl groups excluding tert-OH is 1. The fraction of sp³-hybridized carbons (Fsp3) is 0.600. The summed E-state index contributed by atoms with van der Waals surface area (Å²) in [6, 6.07) is 10.1. The molecule has 0 spiro atoms. The van der Waals surface area contributed by atoms with Crippen LogP contribution in [0.25, 0.3) is 0 Å². The second kappa shape index (κ2) is 13.7. The van der Waals surface area contributed by atoms with E-state index in [1.807, 2.05) is 37.3 Å². The third-order valence-corrected chi connectivity index (χ3v) is 4.76. The molecular formula is C20H33IN4O3. The number of guanidine groups is 1. The molecule has 2 rings (SSSR count). The number of rotatable bonds is 10. The molecule has 1 aliphatic rings. The predicted octanol–water partition coefficient (Wildman–Crippen LogP) is 1.31. The molecular weight excluding hydrogens is 471 g/mol. The van der Waals surface area contributed by atoms with Crippen molar-refractivity contribution in [2.45, 2.75) is 26.2 Å². The summed E-state index contributed by atoms with van der Waals surface area (Å²) in [6.45, 7) is 5.54. The van der Waals surface area contributed by atoms with Crippen molar-refractivity contribution in [3.63, 3.8) is 0 Å². The highest BCUT2D eigenvalue weighted by atomic mass is 127. The third kappa shape index (κ3) is 8.74. The van der Waals surface area contributed by atoms with Crippen molar-refractivity contribution in [1.82, 2.24) is 16.0 Å². The van der Waals surface area contributed by atoms with Gasteiger partial charge in [-0.2, -0.15) is 0 Å². The van der Waals surface area contributed by atoms with Crippen molar-refractivity contribution in [1.29, 1.82) is 0 Å². The fourth-order valence-corrected chi connectivity index (χ4v) is 3.12. The van der Waals surface area contributed by atoms with Crippen molar-refractivity contribution in [2.24, 2.45) is 10.4 Å². The molecule has 28 heavy (non-hydrogen) atoms. The summed E-state index contributed by atoms with van der Waals surface area (Å²) in [5, 5.41) is 18.7. The molecule has 158 valence electrons. The molecule has 8 heteroatoms. The van der Waals surface area contributed by atoms with Crippen LogP contribution in [0, 0.1) is 5.41 Å². The summed E-state index contributed by atoms with van der Waals surface area (Å²) in [5.41, 5.74) is 1.13. The number of hydrogen-bond acceptors (Lipinski definition) is 4. The van der Waals surface area contributed by atoms with Gasteiger partial charge in [0.15, 0.2) is 5.96 Å². The summed E-state index contributed by atoms with van der Waals surface area (Å²) < 4.78 is 5.51. The lowest BCUT2D eigenvalue weighted by atomic mass is 9.84. The smallest absolute Gasteiger partial charge is 0.241 e. The first-order valence-corrected chi connectivity index (χ1v) is 9.69. The van der Waals surface area contributed by atoms with E-state index in [9.17, 15) is 9.90 Å². The zero-order valence-electron chi connectivity index (χ0n) is 16.6. The number of carbonyl (C=O) groups excluding carboxylic acids is 1. The van der Waals surface area contributed by atoms with Gasteiger partial charge in [-0.05, 0) is 31.7 Å². The van der Waals surface area contributed by atoms with Crippen molar-refractivity contribution in [2.75, 3.05) is 46.0 Å². The van der Waals surface area contributed by atoms with Gasteiger partial charge in [0, 0.05) is 38.3 Å². The summed E-state index contributed by atoms with van der Waals surface area (Å²) in [5.74, 6) is 0.511. The van der Waals surface area contributed by atoms with Gasteiger partial charge in [-0.25, -0.2) is 4.99 Å². The number of ether oxygens (including phenoxy) is 1. The molecule has 1 fully saturated rings. The topological polar surface area (TPSA) is 95.0 Å². The summed E-state index contributed by atoms with van der Waals surface area (Å²) in [7, 11) is 0. The number of carbonyl (C=O) groups is 1. The molecule has 7 nitrogen and oxygen atoms in total. The van der Waals surface area contributed by atoms with E-state index >= 15 is 0 Å². The van der Waals surface area contributed by atoms with Gasteiger partial charge in [0.2, 0.25) is 5.91 Å². The molecule has 1 saturated heterocycles. The van der Waals surface area contributed by atoms with Crippen LogP contribution >= 0.6 is 24.0 Å². The van der Waals surface area contributed by atoms with Gasteiger partial charge in [-0.3, -0.25) is 4.79 Å². The number of benzene rings is 1. The molecule has 1 heterocycles. The standard InChI is InChI=1S/C20H32N4O3.HI/c1-2-21-19(24-15-20(9-12-25)10-13-27-16-20)23-14-18(26)22-11-8-17-6-4-3-5-7-17;/h3-7,25H,2,8-16H2,1H3,(H,22,26)(H2,21,23,24);1H. The van der Waals surface area contributed by atoms with Crippen molar-refractivity contribution in [3.8, 4) is 0 Å². The fourth-order valence-electron chi connectivity index (χ4n) is 3.12. The maximum Gasteiger partial charge on any atom is 0.241 e. The van der Waals surface area contributed by atoms with Crippen LogP contribution in [0.1, 0.15) is 25.3 Å². The number of aliphatic hydroxyl groups is 1. The van der Waals surface area contributed by atoms with E-state index < -0.39 is 0 Å². The van der Waals surface area contributed by atoms with E-state index in [1.165, 1.54) is 5.56 Å². The van der Waals surface area contributed by atoms with E-state index in [1.54, 1.807) is 0 Å². The van der Waals surface area contributed by atoms with E-state index in [2.05, 4.69) is 20.9 Å². The Morgan fingerprint density at radius 2 is 2.04 bits per heavy atom. The second-order valence-electron chi connectivity index (χ2n) is 6.91. The lowest BCUT2D eigenvalue weighted by molar-refractivity contribution is -0.119. The van der Waals surface area contributed by atoms with Crippen LogP contribution in [-0.4, -0.2) is 63.0 Å². The van der Waals surface area contributed by atoms with Gasteiger partial charge >= 0.3 is 0 Å². The van der Waals surface area contributed by atoms with Crippen molar-refractivity contribution >= 4 is 35.8 Å². The second-order valence-corrected chi connectivity index (χ2v) is 6.91. The largest absolute Gasteiger partial charge is 0.396 e. The van der Waals surface area contributed by atoms with E-state index in [0.717, 1.165) is 19.4 Å². The number of halogens is 1. The van der Waals surface area contributed by atoms with Gasteiger partial charge in [-0.15, -0.1) is 24.0 Å². The molecule has 1 atom stereocenters. The van der Waals surface area contributed by atoms with Gasteiger partial charge in [0.25, 0.3) is 0 Å². The molecule has 1 aliphatic heterocycles. The maximum atomic E-state index is 12.0. The number of aliphatic imine (C=N–C) groups is 1. The molecule has 0 aromatic heterocycles. The molecule has 0 aliphatic carbocycles. The summed E-state index contributed by atoms with van der Waals surface area (Å²) in [6.07, 6.45) is 2.41. The van der Waals surface area contributed by atoms with Crippen LogP contribution in [0.15, 0.2) is 35.3 Å². The molecule has 0 radical (unpaired) electrons. The normalized spacial score (nSPS) is 19.0. The van der Waals surface area contributed by atoms with Gasteiger partial charge in [0.05, 0.1) is 6.61 Å². The van der Waals surface area contributed by atoms with Gasteiger partial charge in [0.1, 0.15) is 6.54 Å². The average molecular weight is 504 g/mol. The number of nitrogens with zero attached hydrogens (tertiary/aromatic N) is 1. The van der Waals surface area contributed by atoms with Crippen LogP contribution in [0.5, 0.6) is 0 Å². The van der Waals surface area contributed by atoms with Gasteiger partial charge < -0.3 is 25.8 Å². The van der Waals surface area contributed by atoms with Crippen LogP contribution in [0.3, 0.4) is 0 Å². The van der Waals surface area contributed by atoms with Crippen molar-refractivity contribution in [3.05, 3.63) is 35.9 Å². The predicted molar refractivity (Wildman–Crippen MR) is 122 cm³/mol. The van der Waals surface area contributed by atoms with Crippen LogP contribution in [0.4, 0.5) is 0 Å². The zero-order chi connectivity index (χ0) is 19.4. The minimum absolute atomic E-state index is 0. The zero-order valence-corrected chi connectivity index (χ0v) is 18.9. The highest BCUT2D eigenvalue weighted by Gasteiger charge is 2.34. The highest BCUT2D eigenvalue weighted by molar-refractivity contribution is 14.0. The lowest BCUT2D eigenvalue weighted by Crippen LogP contribution is -2.45. The van der Waals surface area contributed by atoms with E-state index in [0.29, 0.717) is 38.6 Å².